The Morgan fingerprint density at radius 2 is 1.86 bits per heavy atom. The molecule has 1 amide bonds. The van der Waals surface area contributed by atoms with E-state index in [1.807, 2.05) is 0 Å². The van der Waals surface area contributed by atoms with Gasteiger partial charge in [0.05, 0.1) is 12.0 Å². The second-order valence-electron chi connectivity index (χ2n) is 5.59. The van der Waals surface area contributed by atoms with Crippen molar-refractivity contribution < 1.29 is 23.5 Å². The highest BCUT2D eigenvalue weighted by atomic mass is 19.3. The minimum absolute atomic E-state index is 0.0207. The van der Waals surface area contributed by atoms with E-state index in [0.717, 1.165) is 12.8 Å². The molecule has 2 unspecified atom stereocenters. The lowest BCUT2D eigenvalue weighted by Crippen LogP contribution is -2.32. The molecule has 1 saturated heterocycles. The van der Waals surface area contributed by atoms with Crippen molar-refractivity contribution >= 4 is 11.9 Å². The first-order valence-corrected chi connectivity index (χ1v) is 6.91. The highest BCUT2D eigenvalue weighted by Gasteiger charge is 2.49. The molecule has 3 rings (SSSR count). The van der Waals surface area contributed by atoms with Crippen LogP contribution in [0, 0.1) is 5.92 Å². The van der Waals surface area contributed by atoms with Crippen LogP contribution < -0.4 is 0 Å². The van der Waals surface area contributed by atoms with Crippen LogP contribution in [0.4, 0.5) is 8.78 Å². The van der Waals surface area contributed by atoms with Gasteiger partial charge in [-0.15, -0.1) is 0 Å². The number of rotatable bonds is 4. The van der Waals surface area contributed by atoms with Gasteiger partial charge in [0.15, 0.2) is 0 Å². The van der Waals surface area contributed by atoms with Crippen molar-refractivity contribution in [2.24, 2.45) is 5.92 Å². The van der Waals surface area contributed by atoms with Crippen LogP contribution in [-0.2, 0) is 9.59 Å². The molecule has 1 aliphatic heterocycles. The molecule has 0 spiro atoms. The van der Waals surface area contributed by atoms with E-state index in [-0.39, 0.29) is 23.9 Å². The second kappa shape index (κ2) is 5.09. The number of alkyl halides is 2. The fourth-order valence-electron chi connectivity index (χ4n) is 2.99. The number of aliphatic carboxylic acids is 1. The molecule has 112 valence electrons. The molecule has 0 radical (unpaired) electrons. The standard InChI is InChI=1S/C15H15F2NO3/c16-14(17)9-3-1-8(2-4-9)13-11(15(20)21)7-12(19)18(13)10-5-6-10/h1-4,10-11,13-14H,5-7H2,(H,20,21). The average molecular weight is 295 g/mol. The lowest BCUT2D eigenvalue weighted by molar-refractivity contribution is -0.142. The van der Waals surface area contributed by atoms with E-state index in [9.17, 15) is 23.5 Å². The van der Waals surface area contributed by atoms with Crippen LogP contribution in [0.1, 0.15) is 42.9 Å². The van der Waals surface area contributed by atoms with Gasteiger partial charge in [-0.2, -0.15) is 0 Å². The number of nitrogens with zero attached hydrogens (tertiary/aromatic N) is 1. The first-order chi connectivity index (χ1) is 9.99. The average Bonchev–Trinajstić information content (AvgIpc) is 3.21. The summed E-state index contributed by atoms with van der Waals surface area (Å²) in [6.45, 7) is 0. The van der Waals surface area contributed by atoms with Crippen molar-refractivity contribution in [2.45, 2.75) is 37.8 Å². The number of hydrogen-bond acceptors (Lipinski definition) is 2. The summed E-state index contributed by atoms with van der Waals surface area (Å²) in [7, 11) is 0. The Hall–Kier alpha value is -1.98. The van der Waals surface area contributed by atoms with Crippen LogP contribution in [0.15, 0.2) is 24.3 Å². The highest BCUT2D eigenvalue weighted by Crippen LogP contribution is 2.45. The molecule has 2 fully saturated rings. The minimum atomic E-state index is -2.56. The van der Waals surface area contributed by atoms with E-state index < -0.39 is 24.4 Å². The predicted molar refractivity (Wildman–Crippen MR) is 69.8 cm³/mol. The van der Waals surface area contributed by atoms with Gasteiger partial charge in [0.2, 0.25) is 5.91 Å². The van der Waals surface area contributed by atoms with E-state index in [4.69, 9.17) is 0 Å². The van der Waals surface area contributed by atoms with Crippen molar-refractivity contribution in [3.05, 3.63) is 35.4 Å². The van der Waals surface area contributed by atoms with Crippen molar-refractivity contribution in [3.63, 3.8) is 0 Å². The van der Waals surface area contributed by atoms with Gasteiger partial charge in [-0.1, -0.05) is 24.3 Å². The Balaban J connectivity index is 1.94. The largest absolute Gasteiger partial charge is 0.481 e. The number of likely N-dealkylation sites (tertiary alicyclic amines) is 1. The van der Waals surface area contributed by atoms with Crippen LogP contribution >= 0.6 is 0 Å². The van der Waals surface area contributed by atoms with E-state index >= 15 is 0 Å². The van der Waals surface area contributed by atoms with Crippen LogP contribution in [0.2, 0.25) is 0 Å². The van der Waals surface area contributed by atoms with Crippen molar-refractivity contribution in [3.8, 4) is 0 Å². The van der Waals surface area contributed by atoms with E-state index in [1.165, 1.54) is 24.3 Å². The Kier molecular flexibility index (Phi) is 3.39. The molecule has 4 nitrogen and oxygen atoms in total. The van der Waals surface area contributed by atoms with Crippen molar-refractivity contribution in [2.75, 3.05) is 0 Å². The Labute approximate surface area is 120 Å². The molecule has 6 heteroatoms. The maximum absolute atomic E-state index is 12.6. The number of halogens is 2. The third-order valence-corrected chi connectivity index (χ3v) is 4.15. The molecule has 1 saturated carbocycles. The molecular weight excluding hydrogens is 280 g/mol. The van der Waals surface area contributed by atoms with Crippen LogP contribution in [-0.4, -0.2) is 27.9 Å². The number of carbonyl (C=O) groups excluding carboxylic acids is 1. The normalized spacial score (nSPS) is 25.7. The molecule has 2 aliphatic rings. The van der Waals surface area contributed by atoms with Crippen LogP contribution in [0.3, 0.4) is 0 Å². The zero-order valence-electron chi connectivity index (χ0n) is 11.2. The maximum atomic E-state index is 12.6. The lowest BCUT2D eigenvalue weighted by Gasteiger charge is -2.27. The molecule has 1 N–H and O–H groups in total. The lowest BCUT2D eigenvalue weighted by atomic mass is 9.93. The highest BCUT2D eigenvalue weighted by molar-refractivity contribution is 5.87. The first kappa shape index (κ1) is 14.0. The van der Waals surface area contributed by atoms with Gasteiger partial charge >= 0.3 is 5.97 Å². The molecule has 0 bridgehead atoms. The SMILES string of the molecule is O=C(O)C1CC(=O)N(C2CC2)C1c1ccc(C(F)F)cc1. The maximum Gasteiger partial charge on any atom is 0.309 e. The van der Waals surface area contributed by atoms with E-state index in [1.54, 1.807) is 4.90 Å². The van der Waals surface area contributed by atoms with Gasteiger partial charge < -0.3 is 10.0 Å². The topological polar surface area (TPSA) is 57.6 Å². The summed E-state index contributed by atoms with van der Waals surface area (Å²) < 4.78 is 25.2. The smallest absolute Gasteiger partial charge is 0.309 e. The van der Waals surface area contributed by atoms with Gasteiger partial charge in [-0.3, -0.25) is 9.59 Å². The molecule has 1 heterocycles. The summed E-state index contributed by atoms with van der Waals surface area (Å²) >= 11 is 0. The van der Waals surface area contributed by atoms with Gasteiger partial charge in [0.1, 0.15) is 0 Å². The fraction of sp³-hybridized carbons (Fsp3) is 0.467. The molecule has 2 atom stereocenters. The van der Waals surface area contributed by atoms with Crippen molar-refractivity contribution in [1.82, 2.24) is 4.90 Å². The van der Waals surface area contributed by atoms with Crippen LogP contribution in [0.25, 0.3) is 0 Å². The number of carboxylic acids is 1. The van der Waals surface area contributed by atoms with Gasteiger partial charge in [-0.05, 0) is 18.4 Å². The summed E-state index contributed by atoms with van der Waals surface area (Å²) in [6, 6.07) is 5.17. The molecule has 0 aromatic heterocycles. The second-order valence-corrected chi connectivity index (χ2v) is 5.59. The quantitative estimate of drug-likeness (QED) is 0.929. The number of benzene rings is 1. The molecule has 1 aromatic carbocycles. The monoisotopic (exact) mass is 295 g/mol. The molecular formula is C15H15F2NO3. The van der Waals surface area contributed by atoms with E-state index in [0.29, 0.717) is 5.56 Å². The number of carboxylic acid groups (broad SMARTS) is 1. The third-order valence-electron chi connectivity index (χ3n) is 4.15. The summed E-state index contributed by atoms with van der Waals surface area (Å²) in [5.41, 5.74) is 0.512. The van der Waals surface area contributed by atoms with Gasteiger partial charge in [-0.25, -0.2) is 8.78 Å². The number of hydrogen-bond donors (Lipinski definition) is 1. The third kappa shape index (κ3) is 2.50. The predicted octanol–water partition coefficient (Wildman–Crippen LogP) is 2.76. The zero-order chi connectivity index (χ0) is 15.1. The molecule has 1 aliphatic carbocycles. The Morgan fingerprint density at radius 3 is 2.33 bits per heavy atom. The summed E-state index contributed by atoms with van der Waals surface area (Å²) in [6.07, 6.45) is -0.820. The fourth-order valence-corrected chi connectivity index (χ4v) is 2.99. The number of amides is 1. The van der Waals surface area contributed by atoms with Crippen LogP contribution in [0.5, 0.6) is 0 Å². The molecule has 1 aromatic rings. The summed E-state index contributed by atoms with van der Waals surface area (Å²) in [5.74, 6) is -1.99. The van der Waals surface area contributed by atoms with E-state index in [2.05, 4.69) is 0 Å². The zero-order valence-corrected chi connectivity index (χ0v) is 11.2. The van der Waals surface area contributed by atoms with Crippen molar-refractivity contribution in [1.29, 1.82) is 0 Å². The molecule has 21 heavy (non-hydrogen) atoms. The van der Waals surface area contributed by atoms with Gasteiger partial charge in [0, 0.05) is 18.0 Å². The Morgan fingerprint density at radius 1 is 1.24 bits per heavy atom. The Bertz CT molecular complexity index is 569. The minimum Gasteiger partial charge on any atom is -0.481 e. The first-order valence-electron chi connectivity index (χ1n) is 6.91. The van der Waals surface area contributed by atoms with Gasteiger partial charge in [0.25, 0.3) is 6.43 Å². The summed E-state index contributed by atoms with van der Waals surface area (Å²) in [5, 5.41) is 9.33. The summed E-state index contributed by atoms with van der Waals surface area (Å²) in [4.78, 5) is 25.1. The number of carbonyl (C=O) groups is 2.